The van der Waals surface area contributed by atoms with Crippen LogP contribution in [0.25, 0.3) is 0 Å². The second-order valence-electron chi connectivity index (χ2n) is 4.64. The highest BCUT2D eigenvalue weighted by Crippen LogP contribution is 2.23. The predicted molar refractivity (Wildman–Crippen MR) is 73.3 cm³/mol. The Morgan fingerprint density at radius 2 is 2.00 bits per heavy atom. The number of hydrogen-bond acceptors (Lipinski definition) is 3. The molecule has 1 atom stereocenters. The molecule has 2 rings (SSSR count). The quantitative estimate of drug-likeness (QED) is 0.912. The number of benzene rings is 1. The first kappa shape index (κ1) is 14.5. The zero-order valence-corrected chi connectivity index (χ0v) is 11.5. The summed E-state index contributed by atoms with van der Waals surface area (Å²) in [6.07, 6.45) is 4.15. The van der Waals surface area contributed by atoms with Crippen LogP contribution in [-0.4, -0.2) is 16.5 Å². The third-order valence-electron chi connectivity index (χ3n) is 2.97. The van der Waals surface area contributed by atoms with E-state index in [4.69, 9.17) is 0 Å². The van der Waals surface area contributed by atoms with Gasteiger partial charge in [-0.15, -0.1) is 0 Å². The molecular formula is C15H17F2N3. The lowest BCUT2D eigenvalue weighted by atomic mass is 10.0. The second kappa shape index (κ2) is 6.52. The van der Waals surface area contributed by atoms with Crippen LogP contribution in [0.15, 0.2) is 30.6 Å². The molecule has 0 radical (unpaired) electrons. The average Bonchev–Trinajstić information content (AvgIpc) is 2.42. The fraction of sp³-hybridized carbons (Fsp3) is 0.333. The van der Waals surface area contributed by atoms with Crippen molar-refractivity contribution in [1.82, 2.24) is 15.3 Å². The topological polar surface area (TPSA) is 37.8 Å². The van der Waals surface area contributed by atoms with Gasteiger partial charge < -0.3 is 5.32 Å². The Morgan fingerprint density at radius 3 is 2.60 bits per heavy atom. The molecule has 3 nitrogen and oxygen atoms in total. The van der Waals surface area contributed by atoms with E-state index in [2.05, 4.69) is 15.3 Å². The highest BCUT2D eigenvalue weighted by molar-refractivity contribution is 5.28. The molecule has 0 aliphatic rings. The Bertz CT molecular complexity index is 570. The number of halogens is 2. The van der Waals surface area contributed by atoms with Crippen molar-refractivity contribution in [3.8, 4) is 0 Å². The lowest BCUT2D eigenvalue weighted by Crippen LogP contribution is -2.25. The zero-order valence-electron chi connectivity index (χ0n) is 11.5. The highest BCUT2D eigenvalue weighted by atomic mass is 19.1. The molecule has 0 saturated carbocycles. The Labute approximate surface area is 117 Å². The van der Waals surface area contributed by atoms with Gasteiger partial charge >= 0.3 is 0 Å². The summed E-state index contributed by atoms with van der Waals surface area (Å²) in [6.45, 7) is 4.56. The van der Waals surface area contributed by atoms with Crippen LogP contribution >= 0.6 is 0 Å². The third kappa shape index (κ3) is 3.36. The Balaban J connectivity index is 2.38. The summed E-state index contributed by atoms with van der Waals surface area (Å²) >= 11 is 0. The summed E-state index contributed by atoms with van der Waals surface area (Å²) in [6, 6.07) is 3.15. The van der Waals surface area contributed by atoms with E-state index in [1.54, 1.807) is 12.4 Å². The van der Waals surface area contributed by atoms with Crippen molar-refractivity contribution in [2.24, 2.45) is 0 Å². The number of nitrogens with zero attached hydrogens (tertiary/aromatic N) is 2. The van der Waals surface area contributed by atoms with Crippen LogP contribution in [0.3, 0.4) is 0 Å². The van der Waals surface area contributed by atoms with Crippen molar-refractivity contribution in [2.45, 2.75) is 26.3 Å². The summed E-state index contributed by atoms with van der Waals surface area (Å²) in [5.41, 5.74) is 1.79. The van der Waals surface area contributed by atoms with E-state index in [0.29, 0.717) is 17.8 Å². The van der Waals surface area contributed by atoms with Gasteiger partial charge in [-0.1, -0.05) is 13.0 Å². The molecule has 0 aliphatic heterocycles. The van der Waals surface area contributed by atoms with Gasteiger partial charge in [0.2, 0.25) is 0 Å². The molecule has 0 fully saturated rings. The zero-order chi connectivity index (χ0) is 14.5. The standard InChI is InChI=1S/C15H17F2N3/c1-3-6-18-15(14-9-19-10(2)8-20-14)12-5-4-11(16)7-13(12)17/h4-5,7-9,15,18H,3,6H2,1-2H3. The van der Waals surface area contributed by atoms with Crippen LogP contribution in [-0.2, 0) is 0 Å². The molecule has 1 N–H and O–H groups in total. The SMILES string of the molecule is CCCNC(c1cnc(C)cn1)c1ccc(F)cc1F. The summed E-state index contributed by atoms with van der Waals surface area (Å²) in [7, 11) is 0. The van der Waals surface area contributed by atoms with Gasteiger partial charge in [-0.05, 0) is 26.0 Å². The van der Waals surface area contributed by atoms with E-state index in [1.807, 2.05) is 13.8 Å². The molecule has 0 amide bonds. The molecule has 0 aliphatic carbocycles. The van der Waals surface area contributed by atoms with Gasteiger partial charge in [0.1, 0.15) is 11.6 Å². The molecule has 0 spiro atoms. The fourth-order valence-electron chi connectivity index (χ4n) is 1.95. The summed E-state index contributed by atoms with van der Waals surface area (Å²) in [4.78, 5) is 8.47. The fourth-order valence-corrected chi connectivity index (χ4v) is 1.95. The average molecular weight is 277 g/mol. The smallest absolute Gasteiger partial charge is 0.131 e. The van der Waals surface area contributed by atoms with Gasteiger partial charge in [-0.25, -0.2) is 8.78 Å². The first-order chi connectivity index (χ1) is 9.61. The van der Waals surface area contributed by atoms with Crippen LogP contribution in [0, 0.1) is 18.6 Å². The highest BCUT2D eigenvalue weighted by Gasteiger charge is 2.19. The van der Waals surface area contributed by atoms with Gasteiger partial charge in [-0.2, -0.15) is 0 Å². The first-order valence-corrected chi connectivity index (χ1v) is 6.58. The normalized spacial score (nSPS) is 12.4. The molecule has 106 valence electrons. The minimum absolute atomic E-state index is 0.373. The van der Waals surface area contributed by atoms with Crippen molar-refractivity contribution >= 4 is 0 Å². The van der Waals surface area contributed by atoms with Crippen LogP contribution in [0.1, 0.15) is 36.3 Å². The van der Waals surface area contributed by atoms with Crippen molar-refractivity contribution < 1.29 is 8.78 Å². The van der Waals surface area contributed by atoms with E-state index in [9.17, 15) is 8.78 Å². The monoisotopic (exact) mass is 277 g/mol. The van der Waals surface area contributed by atoms with Crippen LogP contribution in [0.4, 0.5) is 8.78 Å². The van der Waals surface area contributed by atoms with Gasteiger partial charge in [0.05, 0.1) is 23.6 Å². The van der Waals surface area contributed by atoms with Gasteiger partial charge in [0, 0.05) is 17.8 Å². The van der Waals surface area contributed by atoms with Crippen LogP contribution < -0.4 is 5.32 Å². The number of nitrogens with one attached hydrogen (secondary N) is 1. The minimum Gasteiger partial charge on any atom is -0.305 e. The Kier molecular flexibility index (Phi) is 4.74. The summed E-state index contributed by atoms with van der Waals surface area (Å²) in [5, 5.41) is 3.22. The number of hydrogen-bond donors (Lipinski definition) is 1. The number of aryl methyl sites for hydroxylation is 1. The van der Waals surface area contributed by atoms with Crippen molar-refractivity contribution in [2.75, 3.05) is 6.54 Å². The maximum atomic E-state index is 14.0. The largest absolute Gasteiger partial charge is 0.305 e. The Morgan fingerprint density at radius 1 is 1.20 bits per heavy atom. The molecule has 0 saturated heterocycles. The van der Waals surface area contributed by atoms with E-state index < -0.39 is 17.7 Å². The number of rotatable bonds is 5. The van der Waals surface area contributed by atoms with E-state index in [1.165, 1.54) is 12.1 Å². The van der Waals surface area contributed by atoms with Crippen LogP contribution in [0.5, 0.6) is 0 Å². The first-order valence-electron chi connectivity index (χ1n) is 6.58. The third-order valence-corrected chi connectivity index (χ3v) is 2.97. The molecule has 1 aromatic carbocycles. The van der Waals surface area contributed by atoms with Gasteiger partial charge in [0.25, 0.3) is 0 Å². The van der Waals surface area contributed by atoms with Gasteiger partial charge in [-0.3, -0.25) is 9.97 Å². The Hall–Kier alpha value is -1.88. The maximum Gasteiger partial charge on any atom is 0.131 e. The van der Waals surface area contributed by atoms with Crippen molar-refractivity contribution in [1.29, 1.82) is 0 Å². The minimum atomic E-state index is -0.588. The van der Waals surface area contributed by atoms with Crippen molar-refractivity contribution in [3.63, 3.8) is 0 Å². The maximum absolute atomic E-state index is 14.0. The molecule has 5 heteroatoms. The molecule has 1 heterocycles. The molecule has 20 heavy (non-hydrogen) atoms. The molecule has 1 unspecified atom stereocenters. The molecule has 1 aromatic heterocycles. The van der Waals surface area contributed by atoms with E-state index in [0.717, 1.165) is 18.2 Å². The summed E-state index contributed by atoms with van der Waals surface area (Å²) < 4.78 is 27.0. The molecule has 0 bridgehead atoms. The molecular weight excluding hydrogens is 260 g/mol. The number of aromatic nitrogens is 2. The summed E-state index contributed by atoms with van der Waals surface area (Å²) in [5.74, 6) is -1.17. The lowest BCUT2D eigenvalue weighted by molar-refractivity contribution is 0.526. The lowest BCUT2D eigenvalue weighted by Gasteiger charge is -2.19. The van der Waals surface area contributed by atoms with E-state index in [-0.39, 0.29) is 0 Å². The van der Waals surface area contributed by atoms with E-state index >= 15 is 0 Å². The molecule has 2 aromatic rings. The van der Waals surface area contributed by atoms with Crippen LogP contribution in [0.2, 0.25) is 0 Å². The van der Waals surface area contributed by atoms with Gasteiger partial charge in [0.15, 0.2) is 0 Å². The second-order valence-corrected chi connectivity index (χ2v) is 4.64. The van der Waals surface area contributed by atoms with Crippen molar-refractivity contribution in [3.05, 3.63) is 59.2 Å². The predicted octanol–water partition coefficient (Wildman–Crippen LogP) is 3.15.